The van der Waals surface area contributed by atoms with E-state index in [0.29, 0.717) is 29.3 Å². The van der Waals surface area contributed by atoms with Crippen molar-refractivity contribution >= 4 is 28.8 Å². The summed E-state index contributed by atoms with van der Waals surface area (Å²) < 4.78 is 14.6. The average Bonchev–Trinajstić information content (AvgIpc) is 2.98. The quantitative estimate of drug-likeness (QED) is 0.653. The molecule has 0 saturated heterocycles. The molecule has 3 aromatic rings. The second-order valence-electron chi connectivity index (χ2n) is 7.03. The Bertz CT molecular complexity index is 1120. The Morgan fingerprint density at radius 1 is 1.07 bits per heavy atom. The summed E-state index contributed by atoms with van der Waals surface area (Å²) in [5.74, 6) is -0.733. The van der Waals surface area contributed by atoms with E-state index in [0.717, 1.165) is 22.5 Å². The van der Waals surface area contributed by atoms with Crippen molar-refractivity contribution in [1.82, 2.24) is 9.47 Å². The number of halogens is 1. The Labute approximate surface area is 177 Å². The molecule has 30 heavy (non-hydrogen) atoms. The number of hydrogen-bond donors (Lipinski definition) is 1. The standard InChI is InChI=1S/C22H22FN3O3S/c1-14-20(21(28)25(3)12-16-4-8-18(23)9-5-16)30-22(29)26(14)13-17-6-10-19(11-7-17)24-15(2)27/h4-11H,12-13H2,1-3H3,(H,24,27). The van der Waals surface area contributed by atoms with E-state index in [1.807, 2.05) is 12.1 Å². The molecule has 1 N–H and O–H groups in total. The fraction of sp³-hybridized carbons (Fsp3) is 0.227. The number of rotatable bonds is 6. The van der Waals surface area contributed by atoms with Crippen molar-refractivity contribution in [2.45, 2.75) is 26.9 Å². The van der Waals surface area contributed by atoms with E-state index in [-0.39, 0.29) is 22.5 Å². The van der Waals surface area contributed by atoms with E-state index in [1.54, 1.807) is 42.8 Å². The first kappa shape index (κ1) is 21.4. The van der Waals surface area contributed by atoms with Crippen molar-refractivity contribution < 1.29 is 14.0 Å². The zero-order valence-corrected chi connectivity index (χ0v) is 17.8. The molecule has 6 nitrogen and oxygen atoms in total. The monoisotopic (exact) mass is 427 g/mol. The summed E-state index contributed by atoms with van der Waals surface area (Å²) in [6.45, 7) is 3.84. The fourth-order valence-electron chi connectivity index (χ4n) is 3.05. The first-order chi connectivity index (χ1) is 14.2. The smallest absolute Gasteiger partial charge is 0.308 e. The van der Waals surface area contributed by atoms with Gasteiger partial charge < -0.3 is 10.2 Å². The largest absolute Gasteiger partial charge is 0.337 e. The van der Waals surface area contributed by atoms with E-state index in [4.69, 9.17) is 0 Å². The lowest BCUT2D eigenvalue weighted by Gasteiger charge is -2.17. The number of amides is 2. The van der Waals surface area contributed by atoms with E-state index in [9.17, 15) is 18.8 Å². The molecule has 156 valence electrons. The highest BCUT2D eigenvalue weighted by Gasteiger charge is 2.21. The highest BCUT2D eigenvalue weighted by atomic mass is 32.1. The molecule has 2 aromatic carbocycles. The van der Waals surface area contributed by atoms with Crippen molar-refractivity contribution in [2.75, 3.05) is 12.4 Å². The molecule has 2 amide bonds. The molecule has 0 spiro atoms. The van der Waals surface area contributed by atoms with Crippen LogP contribution in [0.1, 0.15) is 33.4 Å². The summed E-state index contributed by atoms with van der Waals surface area (Å²) in [5, 5.41) is 2.70. The molecule has 0 atom stereocenters. The molecule has 0 fully saturated rings. The maximum atomic E-state index is 13.1. The van der Waals surface area contributed by atoms with Gasteiger partial charge in [0.15, 0.2) is 0 Å². The number of carbonyl (C=O) groups excluding carboxylic acids is 2. The minimum Gasteiger partial charge on any atom is -0.337 e. The molecule has 1 heterocycles. The number of benzene rings is 2. The number of hydrogen-bond acceptors (Lipinski definition) is 4. The van der Waals surface area contributed by atoms with Gasteiger partial charge in [0.25, 0.3) is 5.91 Å². The van der Waals surface area contributed by atoms with E-state index in [2.05, 4.69) is 5.32 Å². The van der Waals surface area contributed by atoms with Crippen LogP contribution in [0.4, 0.5) is 10.1 Å². The van der Waals surface area contributed by atoms with Crippen LogP contribution in [0, 0.1) is 12.7 Å². The second-order valence-corrected chi connectivity index (χ2v) is 8.00. The minimum absolute atomic E-state index is 0.152. The van der Waals surface area contributed by atoms with Crippen LogP contribution in [-0.2, 0) is 17.9 Å². The van der Waals surface area contributed by atoms with Crippen LogP contribution in [0.3, 0.4) is 0 Å². The molecule has 0 aliphatic heterocycles. The molecule has 0 unspecified atom stereocenters. The van der Waals surface area contributed by atoms with Gasteiger partial charge in [-0.2, -0.15) is 0 Å². The van der Waals surface area contributed by atoms with Crippen molar-refractivity contribution in [1.29, 1.82) is 0 Å². The predicted octanol–water partition coefficient (Wildman–Crippen LogP) is 3.64. The Balaban J connectivity index is 1.75. The molecule has 3 rings (SSSR count). The summed E-state index contributed by atoms with van der Waals surface area (Å²) >= 11 is 0.920. The zero-order chi connectivity index (χ0) is 21.8. The maximum absolute atomic E-state index is 13.1. The van der Waals surface area contributed by atoms with Gasteiger partial charge in [-0.25, -0.2) is 4.39 Å². The van der Waals surface area contributed by atoms with E-state index >= 15 is 0 Å². The van der Waals surface area contributed by atoms with Gasteiger partial charge in [-0.1, -0.05) is 35.6 Å². The third-order valence-electron chi connectivity index (χ3n) is 4.63. The molecule has 0 radical (unpaired) electrons. The number of carbonyl (C=O) groups is 2. The molecule has 0 aliphatic carbocycles. The topological polar surface area (TPSA) is 71.4 Å². The number of anilines is 1. The van der Waals surface area contributed by atoms with Gasteiger partial charge in [-0.05, 0) is 42.3 Å². The van der Waals surface area contributed by atoms with Gasteiger partial charge in [-0.3, -0.25) is 19.0 Å². The first-order valence-electron chi connectivity index (χ1n) is 9.31. The highest BCUT2D eigenvalue weighted by molar-refractivity contribution is 7.11. The van der Waals surface area contributed by atoms with Crippen LogP contribution in [-0.4, -0.2) is 28.3 Å². The van der Waals surface area contributed by atoms with Crippen LogP contribution in [0.2, 0.25) is 0 Å². The lowest BCUT2D eigenvalue weighted by atomic mass is 10.2. The molecule has 1 aromatic heterocycles. The Morgan fingerprint density at radius 2 is 1.67 bits per heavy atom. The fourth-order valence-corrected chi connectivity index (χ4v) is 4.03. The SMILES string of the molecule is CC(=O)Nc1ccc(Cn2c(C)c(C(=O)N(C)Cc3ccc(F)cc3)sc2=O)cc1. The lowest BCUT2D eigenvalue weighted by molar-refractivity contribution is -0.114. The van der Waals surface area contributed by atoms with Crippen molar-refractivity contribution in [3.8, 4) is 0 Å². The van der Waals surface area contributed by atoms with E-state index < -0.39 is 0 Å². The number of thiazole rings is 1. The first-order valence-corrected chi connectivity index (χ1v) is 10.1. The maximum Gasteiger partial charge on any atom is 0.308 e. The van der Waals surface area contributed by atoms with Crippen molar-refractivity contribution in [2.24, 2.45) is 0 Å². The summed E-state index contributed by atoms with van der Waals surface area (Å²) in [6, 6.07) is 13.2. The molecular weight excluding hydrogens is 405 g/mol. The van der Waals surface area contributed by atoms with Gasteiger partial charge in [-0.15, -0.1) is 0 Å². The van der Waals surface area contributed by atoms with Crippen LogP contribution in [0.5, 0.6) is 0 Å². The summed E-state index contributed by atoms with van der Waals surface area (Å²) in [6.07, 6.45) is 0. The van der Waals surface area contributed by atoms with Gasteiger partial charge in [0.2, 0.25) is 5.91 Å². The molecule has 0 saturated carbocycles. The van der Waals surface area contributed by atoms with Gasteiger partial charge in [0, 0.05) is 31.9 Å². The summed E-state index contributed by atoms with van der Waals surface area (Å²) in [4.78, 5) is 38.2. The molecule has 0 bridgehead atoms. The Hall–Kier alpha value is -3.26. The second kappa shape index (κ2) is 9.04. The van der Waals surface area contributed by atoms with Gasteiger partial charge in [0.05, 0.1) is 6.54 Å². The van der Waals surface area contributed by atoms with Crippen LogP contribution in [0.15, 0.2) is 53.3 Å². The third-order valence-corrected chi connectivity index (χ3v) is 5.70. The predicted molar refractivity (Wildman–Crippen MR) is 115 cm³/mol. The van der Waals surface area contributed by atoms with E-state index in [1.165, 1.54) is 24.0 Å². The van der Waals surface area contributed by atoms with Gasteiger partial charge >= 0.3 is 4.87 Å². The summed E-state index contributed by atoms with van der Waals surface area (Å²) in [5.41, 5.74) is 2.97. The number of aromatic nitrogens is 1. The van der Waals surface area contributed by atoms with Gasteiger partial charge in [0.1, 0.15) is 10.7 Å². The van der Waals surface area contributed by atoms with Crippen LogP contribution in [0.25, 0.3) is 0 Å². The molecule has 0 aliphatic rings. The Kier molecular flexibility index (Phi) is 6.47. The average molecular weight is 428 g/mol. The highest BCUT2D eigenvalue weighted by Crippen LogP contribution is 2.18. The van der Waals surface area contributed by atoms with Crippen molar-refractivity contribution in [3.63, 3.8) is 0 Å². The minimum atomic E-state index is -0.330. The summed E-state index contributed by atoms with van der Waals surface area (Å²) in [7, 11) is 1.65. The normalized spacial score (nSPS) is 10.7. The lowest BCUT2D eigenvalue weighted by Crippen LogP contribution is -2.26. The van der Waals surface area contributed by atoms with Crippen LogP contribution >= 0.6 is 11.3 Å². The Morgan fingerprint density at radius 3 is 2.27 bits per heavy atom. The molecular formula is C22H22FN3O3S. The number of nitrogens with one attached hydrogen (secondary N) is 1. The third kappa shape index (κ3) is 5.01. The van der Waals surface area contributed by atoms with Crippen LogP contribution < -0.4 is 10.2 Å². The van der Waals surface area contributed by atoms with Crippen molar-refractivity contribution in [3.05, 3.63) is 85.7 Å². The number of nitrogens with zero attached hydrogens (tertiary/aromatic N) is 2. The molecule has 8 heteroatoms. The zero-order valence-electron chi connectivity index (χ0n) is 16.9.